The van der Waals surface area contributed by atoms with E-state index >= 15 is 0 Å². The number of amides is 2. The van der Waals surface area contributed by atoms with Gasteiger partial charge in [-0.25, -0.2) is 0 Å². The zero-order chi connectivity index (χ0) is 17.1. The van der Waals surface area contributed by atoms with Gasteiger partial charge in [0.25, 0.3) is 5.91 Å². The largest absolute Gasteiger partial charge is 0.496 e. The molecule has 124 valence electrons. The van der Waals surface area contributed by atoms with Crippen LogP contribution in [-0.4, -0.2) is 31.5 Å². The minimum absolute atomic E-state index is 0.0178. The van der Waals surface area contributed by atoms with Crippen molar-refractivity contribution in [2.45, 2.75) is 19.4 Å². The first kappa shape index (κ1) is 16.1. The summed E-state index contributed by atoms with van der Waals surface area (Å²) in [7, 11) is 1.53. The maximum Gasteiger partial charge on any atom is 0.255 e. The highest BCUT2D eigenvalue weighted by Gasteiger charge is 2.32. The van der Waals surface area contributed by atoms with E-state index in [-0.39, 0.29) is 17.9 Å². The standard InChI is InChI=1S/C19H20N2O3/c1-13-7-9-15(10-8-13)21-12-14(11-18(21)22)20-19(23)16-5-3-4-6-17(16)24-2/h3-10,14H,11-12H2,1-2H3,(H,20,23)/t14-/m0/s1. The molecule has 2 aromatic carbocycles. The average molecular weight is 324 g/mol. The lowest BCUT2D eigenvalue weighted by atomic mass is 10.1. The molecule has 2 amide bonds. The van der Waals surface area contributed by atoms with Gasteiger partial charge in [-0.2, -0.15) is 0 Å². The molecule has 1 aliphatic heterocycles. The molecule has 1 fully saturated rings. The minimum Gasteiger partial charge on any atom is -0.496 e. The fourth-order valence-corrected chi connectivity index (χ4v) is 2.87. The van der Waals surface area contributed by atoms with Crippen molar-refractivity contribution in [2.75, 3.05) is 18.6 Å². The van der Waals surface area contributed by atoms with Gasteiger partial charge in [-0.15, -0.1) is 0 Å². The van der Waals surface area contributed by atoms with Gasteiger partial charge in [-0.3, -0.25) is 9.59 Å². The zero-order valence-corrected chi connectivity index (χ0v) is 13.8. The molecule has 1 saturated heterocycles. The summed E-state index contributed by atoms with van der Waals surface area (Å²) in [6, 6.07) is 14.7. The van der Waals surface area contributed by atoms with Crippen molar-refractivity contribution in [1.29, 1.82) is 0 Å². The Kier molecular flexibility index (Phi) is 4.51. The normalized spacial score (nSPS) is 17.0. The molecule has 0 aliphatic carbocycles. The maximum atomic E-state index is 12.5. The summed E-state index contributed by atoms with van der Waals surface area (Å²) in [6.07, 6.45) is 0.300. The summed E-state index contributed by atoms with van der Waals surface area (Å²) < 4.78 is 5.22. The SMILES string of the molecule is COc1ccccc1C(=O)N[C@H]1CC(=O)N(c2ccc(C)cc2)C1. The topological polar surface area (TPSA) is 58.6 Å². The third-order valence-electron chi connectivity index (χ3n) is 4.16. The smallest absolute Gasteiger partial charge is 0.255 e. The molecular formula is C19H20N2O3. The van der Waals surface area contributed by atoms with Gasteiger partial charge in [0.15, 0.2) is 0 Å². The summed E-state index contributed by atoms with van der Waals surface area (Å²) in [5, 5.41) is 2.93. The number of carbonyl (C=O) groups excluding carboxylic acids is 2. The summed E-state index contributed by atoms with van der Waals surface area (Å²) in [4.78, 5) is 26.4. The van der Waals surface area contributed by atoms with Crippen molar-refractivity contribution in [2.24, 2.45) is 0 Å². The van der Waals surface area contributed by atoms with Gasteiger partial charge >= 0.3 is 0 Å². The predicted octanol–water partition coefficient (Wildman–Crippen LogP) is 2.54. The van der Waals surface area contributed by atoms with Crippen LogP contribution in [0, 0.1) is 6.92 Å². The van der Waals surface area contributed by atoms with Gasteiger partial charge in [0.1, 0.15) is 5.75 Å². The molecule has 0 saturated carbocycles. The van der Waals surface area contributed by atoms with E-state index in [1.165, 1.54) is 7.11 Å². The molecule has 0 spiro atoms. The van der Waals surface area contributed by atoms with Gasteiger partial charge in [-0.1, -0.05) is 29.8 Å². The molecule has 5 heteroatoms. The number of nitrogens with one attached hydrogen (secondary N) is 1. The Labute approximate surface area is 141 Å². The summed E-state index contributed by atoms with van der Waals surface area (Å²) in [5.74, 6) is 0.315. The van der Waals surface area contributed by atoms with E-state index in [2.05, 4.69) is 5.32 Å². The first-order valence-electron chi connectivity index (χ1n) is 7.89. The van der Waals surface area contributed by atoms with E-state index in [4.69, 9.17) is 4.74 Å². The van der Waals surface area contributed by atoms with Crippen LogP contribution in [0.25, 0.3) is 0 Å². The lowest BCUT2D eigenvalue weighted by molar-refractivity contribution is -0.117. The Morgan fingerprint density at radius 1 is 1.17 bits per heavy atom. The number of methoxy groups -OCH3 is 1. The second-order valence-electron chi connectivity index (χ2n) is 5.91. The fraction of sp³-hybridized carbons (Fsp3) is 0.263. The molecule has 24 heavy (non-hydrogen) atoms. The molecule has 0 radical (unpaired) electrons. The number of carbonyl (C=O) groups is 2. The van der Waals surface area contributed by atoms with Crippen LogP contribution in [0.1, 0.15) is 22.3 Å². The molecule has 1 heterocycles. The highest BCUT2D eigenvalue weighted by molar-refractivity contribution is 6.00. The van der Waals surface area contributed by atoms with E-state index < -0.39 is 0 Å². The number of anilines is 1. The van der Waals surface area contributed by atoms with Crippen LogP contribution in [0.4, 0.5) is 5.69 Å². The van der Waals surface area contributed by atoms with Crippen molar-refractivity contribution in [3.8, 4) is 5.75 Å². The monoisotopic (exact) mass is 324 g/mol. The molecular weight excluding hydrogens is 304 g/mol. The number of nitrogens with zero attached hydrogens (tertiary/aromatic N) is 1. The third kappa shape index (κ3) is 3.25. The van der Waals surface area contributed by atoms with Gasteiger partial charge in [-0.05, 0) is 31.2 Å². The maximum absolute atomic E-state index is 12.5. The second-order valence-corrected chi connectivity index (χ2v) is 5.91. The highest BCUT2D eigenvalue weighted by atomic mass is 16.5. The lowest BCUT2D eigenvalue weighted by Crippen LogP contribution is -2.37. The molecule has 2 aromatic rings. The van der Waals surface area contributed by atoms with Gasteiger partial charge < -0.3 is 15.0 Å². The van der Waals surface area contributed by atoms with Crippen molar-refractivity contribution >= 4 is 17.5 Å². The van der Waals surface area contributed by atoms with Crippen LogP contribution >= 0.6 is 0 Å². The predicted molar refractivity (Wildman–Crippen MR) is 92.4 cm³/mol. The van der Waals surface area contributed by atoms with E-state index in [9.17, 15) is 9.59 Å². The molecule has 1 atom stereocenters. The van der Waals surface area contributed by atoms with Gasteiger partial charge in [0.05, 0.1) is 18.7 Å². The fourth-order valence-electron chi connectivity index (χ4n) is 2.87. The zero-order valence-electron chi connectivity index (χ0n) is 13.8. The molecule has 1 N–H and O–H groups in total. The number of ether oxygens (including phenoxy) is 1. The van der Waals surface area contributed by atoms with E-state index in [0.29, 0.717) is 24.3 Å². The molecule has 3 rings (SSSR count). The van der Waals surface area contributed by atoms with Crippen LogP contribution in [0.5, 0.6) is 5.75 Å². The van der Waals surface area contributed by atoms with Crippen molar-refractivity contribution in [3.05, 3.63) is 59.7 Å². The third-order valence-corrected chi connectivity index (χ3v) is 4.16. The van der Waals surface area contributed by atoms with Crippen molar-refractivity contribution in [1.82, 2.24) is 5.32 Å². The minimum atomic E-state index is -0.226. The lowest BCUT2D eigenvalue weighted by Gasteiger charge is -2.18. The summed E-state index contributed by atoms with van der Waals surface area (Å²) in [6.45, 7) is 2.48. The number of aryl methyl sites for hydroxylation is 1. The Hall–Kier alpha value is -2.82. The summed E-state index contributed by atoms with van der Waals surface area (Å²) in [5.41, 5.74) is 2.48. The van der Waals surface area contributed by atoms with Crippen molar-refractivity contribution in [3.63, 3.8) is 0 Å². The van der Waals surface area contributed by atoms with Gasteiger partial charge in [0.2, 0.25) is 5.91 Å². The van der Waals surface area contributed by atoms with Crippen LogP contribution in [0.15, 0.2) is 48.5 Å². The number of benzene rings is 2. The Bertz CT molecular complexity index is 755. The summed E-state index contributed by atoms with van der Waals surface area (Å²) >= 11 is 0. The molecule has 0 bridgehead atoms. The number of hydrogen-bond donors (Lipinski definition) is 1. The molecule has 5 nitrogen and oxygen atoms in total. The number of para-hydroxylation sites is 1. The first-order chi connectivity index (χ1) is 11.6. The number of hydrogen-bond acceptors (Lipinski definition) is 3. The Morgan fingerprint density at radius 2 is 1.88 bits per heavy atom. The second kappa shape index (κ2) is 6.74. The Morgan fingerprint density at radius 3 is 2.58 bits per heavy atom. The van der Waals surface area contributed by atoms with Crippen LogP contribution in [0.3, 0.4) is 0 Å². The van der Waals surface area contributed by atoms with Gasteiger partial charge in [0, 0.05) is 18.7 Å². The van der Waals surface area contributed by atoms with Crippen LogP contribution in [-0.2, 0) is 4.79 Å². The molecule has 1 aliphatic rings. The highest BCUT2D eigenvalue weighted by Crippen LogP contribution is 2.23. The van der Waals surface area contributed by atoms with Crippen LogP contribution in [0.2, 0.25) is 0 Å². The van der Waals surface area contributed by atoms with Crippen molar-refractivity contribution < 1.29 is 14.3 Å². The van der Waals surface area contributed by atoms with Crippen LogP contribution < -0.4 is 15.0 Å². The van der Waals surface area contributed by atoms with E-state index in [1.54, 1.807) is 23.1 Å². The van der Waals surface area contributed by atoms with E-state index in [0.717, 1.165) is 11.3 Å². The Balaban J connectivity index is 1.70. The molecule has 0 unspecified atom stereocenters. The van der Waals surface area contributed by atoms with E-state index in [1.807, 2.05) is 37.3 Å². The average Bonchev–Trinajstić information content (AvgIpc) is 2.95. The first-order valence-corrected chi connectivity index (χ1v) is 7.89. The quantitative estimate of drug-likeness (QED) is 0.940. The molecule has 0 aromatic heterocycles. The number of rotatable bonds is 4.